The monoisotopic (exact) mass is 192 g/mol. The van der Waals surface area contributed by atoms with E-state index in [1.165, 1.54) is 0 Å². The van der Waals surface area contributed by atoms with Crippen LogP contribution in [0.15, 0.2) is 0 Å². The van der Waals surface area contributed by atoms with E-state index in [9.17, 15) is 0 Å². The van der Waals surface area contributed by atoms with Crippen LogP contribution >= 0.6 is 0 Å². The maximum atomic E-state index is 9.12. The van der Waals surface area contributed by atoms with Crippen molar-refractivity contribution < 1.29 is 24.8 Å². The van der Waals surface area contributed by atoms with Gasteiger partial charge in [-0.05, 0) is 0 Å². The van der Waals surface area contributed by atoms with Crippen LogP contribution in [0.1, 0.15) is 13.8 Å². The van der Waals surface area contributed by atoms with E-state index >= 15 is 0 Å². The predicted octanol–water partition coefficient (Wildman–Crippen LogP) is -1.15. The standard InChI is InChI=1S/C6H10O5.C2H6/c7-1-2-4-5(11-4)3(8)6(9)10-2;1-2/h2-9H,1H2;1-2H3. The molecular weight excluding hydrogens is 176 g/mol. The van der Waals surface area contributed by atoms with Gasteiger partial charge in [-0.25, -0.2) is 0 Å². The van der Waals surface area contributed by atoms with Crippen molar-refractivity contribution in [3.63, 3.8) is 0 Å². The molecule has 5 atom stereocenters. The van der Waals surface area contributed by atoms with Gasteiger partial charge in [0.2, 0.25) is 0 Å². The number of aliphatic hydroxyl groups excluding tert-OH is 3. The molecule has 0 aromatic heterocycles. The van der Waals surface area contributed by atoms with Gasteiger partial charge in [-0.1, -0.05) is 13.8 Å². The second-order valence-electron chi connectivity index (χ2n) is 2.80. The lowest BCUT2D eigenvalue weighted by atomic mass is 10.1. The molecule has 5 unspecified atom stereocenters. The minimum Gasteiger partial charge on any atom is -0.394 e. The fourth-order valence-corrected chi connectivity index (χ4v) is 1.36. The molecule has 0 saturated carbocycles. The van der Waals surface area contributed by atoms with Gasteiger partial charge in [-0.3, -0.25) is 0 Å². The predicted molar refractivity (Wildman–Crippen MR) is 44.0 cm³/mol. The fraction of sp³-hybridized carbons (Fsp3) is 1.00. The first-order valence-electron chi connectivity index (χ1n) is 4.52. The molecule has 0 aromatic rings. The van der Waals surface area contributed by atoms with Crippen molar-refractivity contribution in [2.75, 3.05) is 6.61 Å². The van der Waals surface area contributed by atoms with Crippen LogP contribution in [0, 0.1) is 0 Å². The van der Waals surface area contributed by atoms with Crippen molar-refractivity contribution in [3.8, 4) is 0 Å². The van der Waals surface area contributed by atoms with E-state index in [2.05, 4.69) is 0 Å². The molecule has 3 N–H and O–H groups in total. The third-order valence-electron chi connectivity index (χ3n) is 2.05. The maximum Gasteiger partial charge on any atom is 0.184 e. The van der Waals surface area contributed by atoms with Gasteiger partial charge in [0.05, 0.1) is 6.61 Å². The van der Waals surface area contributed by atoms with E-state index < -0.39 is 18.5 Å². The number of hydrogen-bond acceptors (Lipinski definition) is 5. The Morgan fingerprint density at radius 2 is 1.69 bits per heavy atom. The van der Waals surface area contributed by atoms with Crippen LogP contribution in [-0.4, -0.2) is 52.6 Å². The van der Waals surface area contributed by atoms with Crippen LogP contribution in [0.25, 0.3) is 0 Å². The largest absolute Gasteiger partial charge is 0.394 e. The van der Waals surface area contributed by atoms with Gasteiger partial charge >= 0.3 is 0 Å². The summed E-state index contributed by atoms with van der Waals surface area (Å²) in [6, 6.07) is 0. The summed E-state index contributed by atoms with van der Waals surface area (Å²) in [5.74, 6) is 0. The van der Waals surface area contributed by atoms with Gasteiger partial charge < -0.3 is 24.8 Å². The van der Waals surface area contributed by atoms with Crippen molar-refractivity contribution >= 4 is 0 Å². The van der Waals surface area contributed by atoms with E-state index in [-0.39, 0.29) is 18.8 Å². The van der Waals surface area contributed by atoms with Crippen molar-refractivity contribution in [3.05, 3.63) is 0 Å². The second kappa shape index (κ2) is 4.34. The average Bonchev–Trinajstić information content (AvgIpc) is 2.94. The Morgan fingerprint density at radius 3 is 2.23 bits per heavy atom. The quantitative estimate of drug-likeness (QED) is 0.457. The van der Waals surface area contributed by atoms with Crippen LogP contribution < -0.4 is 0 Å². The zero-order chi connectivity index (χ0) is 10.0. The molecule has 2 aliphatic rings. The Morgan fingerprint density at radius 1 is 1.08 bits per heavy atom. The van der Waals surface area contributed by atoms with Crippen LogP contribution in [0.3, 0.4) is 0 Å². The highest BCUT2D eigenvalue weighted by Gasteiger charge is 2.56. The summed E-state index contributed by atoms with van der Waals surface area (Å²) in [6.07, 6.45) is -3.27. The van der Waals surface area contributed by atoms with Crippen molar-refractivity contribution in [1.82, 2.24) is 0 Å². The average molecular weight is 192 g/mol. The number of hydrogen-bond donors (Lipinski definition) is 3. The Kier molecular flexibility index (Phi) is 3.63. The van der Waals surface area contributed by atoms with E-state index in [0.717, 1.165) is 0 Å². The van der Waals surface area contributed by atoms with Gasteiger partial charge in [0.1, 0.15) is 24.4 Å². The minimum atomic E-state index is -1.23. The van der Waals surface area contributed by atoms with Gasteiger partial charge in [0, 0.05) is 0 Å². The van der Waals surface area contributed by atoms with Crippen molar-refractivity contribution in [1.29, 1.82) is 0 Å². The normalized spacial score (nSPS) is 47.3. The number of ether oxygens (including phenoxy) is 2. The third-order valence-corrected chi connectivity index (χ3v) is 2.05. The van der Waals surface area contributed by atoms with E-state index in [0.29, 0.717) is 0 Å². The summed E-state index contributed by atoms with van der Waals surface area (Å²) in [4.78, 5) is 0. The highest BCUT2D eigenvalue weighted by Crippen LogP contribution is 2.36. The van der Waals surface area contributed by atoms with Gasteiger partial charge in [-0.2, -0.15) is 0 Å². The molecule has 0 amide bonds. The molecule has 78 valence electrons. The SMILES string of the molecule is CC.OCC1OC(O)C(O)C2OC12. The molecule has 0 aliphatic carbocycles. The molecule has 2 heterocycles. The Labute approximate surface area is 76.9 Å². The van der Waals surface area contributed by atoms with Crippen molar-refractivity contribution in [2.24, 2.45) is 0 Å². The molecule has 2 fully saturated rings. The number of epoxide rings is 1. The summed E-state index contributed by atoms with van der Waals surface area (Å²) >= 11 is 0. The fourth-order valence-electron chi connectivity index (χ4n) is 1.36. The van der Waals surface area contributed by atoms with Crippen molar-refractivity contribution in [2.45, 2.75) is 44.6 Å². The topological polar surface area (TPSA) is 82.5 Å². The molecule has 2 aliphatic heterocycles. The number of fused-ring (bicyclic) bond motifs is 1. The third kappa shape index (κ3) is 2.00. The highest BCUT2D eigenvalue weighted by atomic mass is 16.7. The Hall–Kier alpha value is -0.200. The number of aliphatic hydroxyl groups is 3. The van der Waals surface area contributed by atoms with E-state index in [4.69, 9.17) is 24.8 Å². The van der Waals surface area contributed by atoms with Gasteiger partial charge in [0.25, 0.3) is 0 Å². The van der Waals surface area contributed by atoms with Crippen LogP contribution in [-0.2, 0) is 9.47 Å². The summed E-state index contributed by atoms with van der Waals surface area (Å²) in [5, 5.41) is 26.8. The molecular formula is C8H16O5. The minimum absolute atomic E-state index is 0.190. The molecule has 0 radical (unpaired) electrons. The summed E-state index contributed by atoms with van der Waals surface area (Å²) in [5.41, 5.74) is 0. The van der Waals surface area contributed by atoms with E-state index in [1.807, 2.05) is 13.8 Å². The molecule has 0 aromatic carbocycles. The lowest BCUT2D eigenvalue weighted by Crippen LogP contribution is -2.46. The lowest BCUT2D eigenvalue weighted by molar-refractivity contribution is -0.209. The summed E-state index contributed by atoms with van der Waals surface area (Å²) < 4.78 is 9.80. The molecule has 13 heavy (non-hydrogen) atoms. The highest BCUT2D eigenvalue weighted by molar-refractivity contribution is 5.00. The first-order valence-corrected chi connectivity index (χ1v) is 4.52. The zero-order valence-electron chi connectivity index (χ0n) is 7.75. The molecule has 0 spiro atoms. The van der Waals surface area contributed by atoms with Crippen LogP contribution in [0.4, 0.5) is 0 Å². The first-order chi connectivity index (χ1) is 6.24. The molecule has 2 rings (SSSR count). The smallest absolute Gasteiger partial charge is 0.184 e. The lowest BCUT2D eigenvalue weighted by Gasteiger charge is -2.25. The zero-order valence-corrected chi connectivity index (χ0v) is 7.75. The molecule has 5 nitrogen and oxygen atoms in total. The number of rotatable bonds is 1. The van der Waals surface area contributed by atoms with Crippen LogP contribution in [0.2, 0.25) is 0 Å². The maximum absolute atomic E-state index is 9.12. The van der Waals surface area contributed by atoms with Crippen LogP contribution in [0.5, 0.6) is 0 Å². The van der Waals surface area contributed by atoms with Gasteiger partial charge in [-0.15, -0.1) is 0 Å². The molecule has 5 heteroatoms. The summed E-state index contributed by atoms with van der Waals surface area (Å²) in [6.45, 7) is 3.81. The molecule has 0 bridgehead atoms. The summed E-state index contributed by atoms with van der Waals surface area (Å²) in [7, 11) is 0. The second-order valence-corrected chi connectivity index (χ2v) is 2.80. The molecule has 2 saturated heterocycles. The van der Waals surface area contributed by atoms with E-state index in [1.54, 1.807) is 0 Å². The van der Waals surface area contributed by atoms with Gasteiger partial charge in [0.15, 0.2) is 6.29 Å². The first kappa shape index (κ1) is 10.9. The Bertz CT molecular complexity index is 159. The Balaban J connectivity index is 0.000000396.